The van der Waals surface area contributed by atoms with E-state index in [4.69, 9.17) is 10.2 Å². The van der Waals surface area contributed by atoms with Crippen molar-refractivity contribution in [2.24, 2.45) is 0 Å². The first kappa shape index (κ1) is 20.0. The first-order chi connectivity index (χ1) is 13.6. The van der Waals surface area contributed by atoms with Gasteiger partial charge in [0.2, 0.25) is 0 Å². The third kappa shape index (κ3) is 4.56. The Morgan fingerprint density at radius 3 is 2.34 bits per heavy atom. The summed E-state index contributed by atoms with van der Waals surface area (Å²) in [5, 5.41) is 6.52. The fourth-order valence-corrected chi connectivity index (χ4v) is 2.88. The van der Waals surface area contributed by atoms with E-state index < -0.39 is 0 Å². The van der Waals surface area contributed by atoms with Crippen LogP contribution < -0.4 is 21.8 Å². The fourth-order valence-electron chi connectivity index (χ4n) is 2.88. The number of benzene rings is 3. The van der Waals surface area contributed by atoms with E-state index in [1.54, 1.807) is 36.4 Å². The Morgan fingerprint density at radius 1 is 0.828 bits per heavy atom. The van der Waals surface area contributed by atoms with Crippen LogP contribution in [-0.4, -0.2) is 5.91 Å². The summed E-state index contributed by atoms with van der Waals surface area (Å²) in [6.07, 6.45) is 0. The maximum absolute atomic E-state index is 12.5. The number of anilines is 4. The zero-order chi connectivity index (χ0) is 19.5. The van der Waals surface area contributed by atoms with E-state index in [2.05, 4.69) is 10.6 Å². The maximum atomic E-state index is 12.5. The summed E-state index contributed by atoms with van der Waals surface area (Å²) in [6.45, 7) is 0. The molecule has 0 bridgehead atoms. The summed E-state index contributed by atoms with van der Waals surface area (Å²) in [6, 6.07) is 22.8. The van der Waals surface area contributed by atoms with Crippen LogP contribution in [0.4, 0.5) is 22.9 Å². The van der Waals surface area contributed by atoms with E-state index in [9.17, 15) is 9.59 Å². The van der Waals surface area contributed by atoms with Crippen LogP contribution in [0.15, 0.2) is 88.1 Å². The van der Waals surface area contributed by atoms with Gasteiger partial charge in [-0.1, -0.05) is 24.3 Å². The molecule has 4 N–H and O–H groups in total. The van der Waals surface area contributed by atoms with E-state index in [-0.39, 0.29) is 29.6 Å². The molecular formula is C22H18ClN3O3. The van der Waals surface area contributed by atoms with Gasteiger partial charge in [0.05, 0.1) is 5.39 Å². The van der Waals surface area contributed by atoms with Crippen molar-refractivity contribution < 1.29 is 9.21 Å². The molecular weight excluding hydrogens is 390 g/mol. The van der Waals surface area contributed by atoms with Crippen molar-refractivity contribution in [3.05, 3.63) is 94.6 Å². The van der Waals surface area contributed by atoms with Crippen LogP contribution in [0.3, 0.4) is 0 Å². The molecule has 1 aromatic heterocycles. The largest absolute Gasteiger partial charge is 0.441 e. The Bertz CT molecular complexity index is 1220. The molecule has 0 aliphatic carbocycles. The SMILES string of the molecule is Cl.Nc1cc(=O)c2ccc(Nc3cccc(C(=O)Nc4ccccc4)c3)cc2o1. The molecule has 0 saturated heterocycles. The Kier molecular flexibility index (Phi) is 5.85. The van der Waals surface area contributed by atoms with Crippen molar-refractivity contribution in [1.82, 2.24) is 0 Å². The number of rotatable bonds is 4. The molecule has 7 heteroatoms. The topological polar surface area (TPSA) is 97.4 Å². The minimum absolute atomic E-state index is 0. The molecule has 3 aromatic carbocycles. The molecule has 0 spiro atoms. The lowest BCUT2D eigenvalue weighted by molar-refractivity contribution is 0.102. The lowest BCUT2D eigenvalue weighted by Crippen LogP contribution is -2.11. The lowest BCUT2D eigenvalue weighted by atomic mass is 10.1. The molecule has 1 amide bonds. The number of carbonyl (C=O) groups excluding carboxylic acids is 1. The maximum Gasteiger partial charge on any atom is 0.255 e. The van der Waals surface area contributed by atoms with E-state index in [1.807, 2.05) is 36.4 Å². The van der Waals surface area contributed by atoms with Crippen LogP contribution >= 0.6 is 12.4 Å². The van der Waals surface area contributed by atoms with Crippen LogP contribution in [0.25, 0.3) is 11.0 Å². The number of nitrogen functional groups attached to an aromatic ring is 1. The number of hydrogen-bond acceptors (Lipinski definition) is 5. The smallest absolute Gasteiger partial charge is 0.255 e. The molecule has 6 nitrogen and oxygen atoms in total. The standard InChI is InChI=1S/C22H17N3O3.ClH/c23-21-13-19(26)18-10-9-17(12-20(18)28-21)24-16-8-4-5-14(11-16)22(27)25-15-6-2-1-3-7-15;/h1-13,24H,23H2,(H,25,27);1H. The number of amides is 1. The molecule has 0 atom stereocenters. The number of fused-ring (bicyclic) bond motifs is 1. The average molecular weight is 408 g/mol. The summed E-state index contributed by atoms with van der Waals surface area (Å²) in [7, 11) is 0. The third-order valence-corrected chi connectivity index (χ3v) is 4.19. The molecule has 29 heavy (non-hydrogen) atoms. The number of carbonyl (C=O) groups is 1. The van der Waals surface area contributed by atoms with Gasteiger partial charge in [0.25, 0.3) is 5.91 Å². The minimum atomic E-state index is -0.202. The summed E-state index contributed by atoms with van der Waals surface area (Å²) in [4.78, 5) is 24.4. The Balaban J connectivity index is 0.00000240. The van der Waals surface area contributed by atoms with E-state index in [0.29, 0.717) is 22.2 Å². The van der Waals surface area contributed by atoms with Crippen LogP contribution in [-0.2, 0) is 0 Å². The van der Waals surface area contributed by atoms with Crippen molar-refractivity contribution in [3.8, 4) is 0 Å². The van der Waals surface area contributed by atoms with Crippen LogP contribution in [0.1, 0.15) is 10.4 Å². The molecule has 4 aromatic rings. The fraction of sp³-hybridized carbons (Fsp3) is 0. The van der Waals surface area contributed by atoms with Crippen molar-refractivity contribution in [2.75, 3.05) is 16.4 Å². The van der Waals surface area contributed by atoms with E-state index >= 15 is 0 Å². The molecule has 4 rings (SSSR count). The molecule has 0 unspecified atom stereocenters. The first-order valence-corrected chi connectivity index (χ1v) is 8.65. The van der Waals surface area contributed by atoms with Gasteiger partial charge in [-0.3, -0.25) is 9.59 Å². The van der Waals surface area contributed by atoms with Gasteiger partial charge >= 0.3 is 0 Å². The molecule has 146 valence electrons. The first-order valence-electron chi connectivity index (χ1n) is 8.65. The second-order valence-electron chi connectivity index (χ2n) is 6.25. The van der Waals surface area contributed by atoms with Gasteiger partial charge < -0.3 is 20.8 Å². The Morgan fingerprint density at radius 2 is 1.55 bits per heavy atom. The zero-order valence-electron chi connectivity index (χ0n) is 15.2. The van der Waals surface area contributed by atoms with Crippen molar-refractivity contribution >= 4 is 52.2 Å². The van der Waals surface area contributed by atoms with Crippen molar-refractivity contribution in [1.29, 1.82) is 0 Å². The van der Waals surface area contributed by atoms with Crippen LogP contribution in [0.2, 0.25) is 0 Å². The van der Waals surface area contributed by atoms with Gasteiger partial charge in [-0.2, -0.15) is 0 Å². The van der Waals surface area contributed by atoms with E-state index in [1.165, 1.54) is 6.07 Å². The van der Waals surface area contributed by atoms with Gasteiger partial charge in [-0.05, 0) is 42.5 Å². The molecule has 0 fully saturated rings. The molecule has 0 aliphatic rings. The van der Waals surface area contributed by atoms with E-state index in [0.717, 1.165) is 11.4 Å². The Labute approximate surface area is 172 Å². The van der Waals surface area contributed by atoms with Crippen LogP contribution in [0.5, 0.6) is 0 Å². The predicted octanol–water partition coefficient (Wildman–Crippen LogP) is 4.79. The highest BCUT2D eigenvalue weighted by atomic mass is 35.5. The summed E-state index contributed by atoms with van der Waals surface area (Å²) >= 11 is 0. The molecule has 0 aliphatic heterocycles. The second-order valence-corrected chi connectivity index (χ2v) is 6.25. The van der Waals surface area contributed by atoms with Crippen molar-refractivity contribution in [3.63, 3.8) is 0 Å². The third-order valence-electron chi connectivity index (χ3n) is 4.19. The summed E-state index contributed by atoms with van der Waals surface area (Å²) in [5.74, 6) is -0.138. The number of para-hydroxylation sites is 1. The Hall–Kier alpha value is -3.77. The predicted molar refractivity (Wildman–Crippen MR) is 118 cm³/mol. The molecule has 1 heterocycles. The van der Waals surface area contributed by atoms with Crippen LogP contribution in [0, 0.1) is 0 Å². The highest BCUT2D eigenvalue weighted by Crippen LogP contribution is 2.23. The number of hydrogen-bond donors (Lipinski definition) is 3. The van der Waals surface area contributed by atoms with Gasteiger partial charge in [-0.25, -0.2) is 0 Å². The zero-order valence-corrected chi connectivity index (χ0v) is 16.0. The van der Waals surface area contributed by atoms with Gasteiger partial charge in [0, 0.05) is 34.8 Å². The molecule has 0 radical (unpaired) electrons. The monoisotopic (exact) mass is 407 g/mol. The quantitative estimate of drug-likeness (QED) is 0.451. The number of halogens is 1. The average Bonchev–Trinajstić information content (AvgIpc) is 2.68. The van der Waals surface area contributed by atoms with Gasteiger partial charge in [-0.15, -0.1) is 12.4 Å². The summed E-state index contributed by atoms with van der Waals surface area (Å²) in [5.41, 5.74) is 8.51. The van der Waals surface area contributed by atoms with Crippen molar-refractivity contribution in [2.45, 2.75) is 0 Å². The summed E-state index contributed by atoms with van der Waals surface area (Å²) < 4.78 is 5.42. The van der Waals surface area contributed by atoms with Gasteiger partial charge in [0.1, 0.15) is 5.58 Å². The number of nitrogens with two attached hydrogens (primary N) is 1. The normalized spacial score (nSPS) is 10.2. The molecule has 0 saturated carbocycles. The van der Waals surface area contributed by atoms with Gasteiger partial charge in [0.15, 0.2) is 11.3 Å². The highest BCUT2D eigenvalue weighted by Gasteiger charge is 2.08. The minimum Gasteiger partial charge on any atom is -0.441 e. The second kappa shape index (κ2) is 8.50. The lowest BCUT2D eigenvalue weighted by Gasteiger charge is -2.10. The number of nitrogens with one attached hydrogen (secondary N) is 2. The highest BCUT2D eigenvalue weighted by molar-refractivity contribution is 6.04.